The fourth-order valence-electron chi connectivity index (χ4n) is 4.06. The minimum atomic E-state index is -4.21. The highest BCUT2D eigenvalue weighted by molar-refractivity contribution is 7.92. The molecule has 8 nitrogen and oxygen atoms in total. The Balaban J connectivity index is 2.05. The molecule has 2 amide bonds. The van der Waals surface area contributed by atoms with Crippen LogP contribution in [0.15, 0.2) is 77.7 Å². The molecule has 0 aliphatic heterocycles. The van der Waals surface area contributed by atoms with Gasteiger partial charge in [-0.2, -0.15) is 0 Å². The molecule has 0 bridgehead atoms. The van der Waals surface area contributed by atoms with Crippen LogP contribution in [0.25, 0.3) is 0 Å². The number of rotatable bonds is 10. The number of anilines is 1. The van der Waals surface area contributed by atoms with Crippen molar-refractivity contribution in [1.82, 2.24) is 10.2 Å². The van der Waals surface area contributed by atoms with Gasteiger partial charge in [0.15, 0.2) is 0 Å². The average molecular weight is 586 g/mol. The Bertz CT molecular complexity index is 1450. The Morgan fingerprint density at radius 2 is 1.65 bits per heavy atom. The number of methoxy groups -OCH3 is 1. The molecule has 214 valence electrons. The highest BCUT2D eigenvalue weighted by atomic mass is 35.5. The standard InChI is InChI=1S/C30H36ClN3O5S/c1-21-10-7-8-11-23(21)19-33(22(2)29(36)32-30(3,4)5)28(35)20-34(25-13-9-12-24(31)18-25)40(37,38)27-16-14-26(39-6)15-17-27/h7-18,22H,19-20H2,1-6H3,(H,32,36)/t22-/m0/s1. The van der Waals surface area contributed by atoms with Crippen LogP contribution in [0.1, 0.15) is 38.8 Å². The van der Waals surface area contributed by atoms with Gasteiger partial charge in [0.1, 0.15) is 18.3 Å². The van der Waals surface area contributed by atoms with Gasteiger partial charge in [0.2, 0.25) is 11.8 Å². The van der Waals surface area contributed by atoms with Crippen LogP contribution in [0.5, 0.6) is 5.75 Å². The molecule has 40 heavy (non-hydrogen) atoms. The first kappa shape index (κ1) is 31.0. The molecule has 0 aromatic heterocycles. The zero-order valence-corrected chi connectivity index (χ0v) is 25.2. The van der Waals surface area contributed by atoms with E-state index in [4.69, 9.17) is 16.3 Å². The van der Waals surface area contributed by atoms with Gasteiger partial charge >= 0.3 is 0 Å². The summed E-state index contributed by atoms with van der Waals surface area (Å²) in [5.41, 5.74) is 1.49. The van der Waals surface area contributed by atoms with Crippen molar-refractivity contribution in [3.8, 4) is 5.75 Å². The van der Waals surface area contributed by atoms with Crippen molar-refractivity contribution in [3.05, 3.63) is 88.9 Å². The van der Waals surface area contributed by atoms with Crippen LogP contribution in [-0.2, 0) is 26.2 Å². The number of benzene rings is 3. The Morgan fingerprint density at radius 1 is 1.00 bits per heavy atom. The van der Waals surface area contributed by atoms with Crippen molar-refractivity contribution in [2.24, 2.45) is 0 Å². The van der Waals surface area contributed by atoms with E-state index in [1.54, 1.807) is 25.1 Å². The molecule has 1 atom stereocenters. The number of carbonyl (C=O) groups is 2. The summed E-state index contributed by atoms with van der Waals surface area (Å²) in [5, 5.41) is 3.23. The van der Waals surface area contributed by atoms with E-state index in [1.807, 2.05) is 52.0 Å². The maximum Gasteiger partial charge on any atom is 0.264 e. The van der Waals surface area contributed by atoms with Crippen molar-refractivity contribution < 1.29 is 22.7 Å². The molecule has 0 fully saturated rings. The number of nitrogens with zero attached hydrogens (tertiary/aromatic N) is 2. The Labute approximate surface area is 241 Å². The van der Waals surface area contributed by atoms with Gasteiger partial charge in [-0.3, -0.25) is 13.9 Å². The van der Waals surface area contributed by atoms with Gasteiger partial charge in [-0.1, -0.05) is 41.9 Å². The summed E-state index contributed by atoms with van der Waals surface area (Å²) < 4.78 is 34.0. The van der Waals surface area contributed by atoms with Crippen LogP contribution in [0.4, 0.5) is 5.69 Å². The summed E-state index contributed by atoms with van der Waals surface area (Å²) >= 11 is 6.22. The lowest BCUT2D eigenvalue weighted by molar-refractivity contribution is -0.140. The Hall–Kier alpha value is -3.56. The van der Waals surface area contributed by atoms with E-state index in [2.05, 4.69) is 5.32 Å². The first-order valence-corrected chi connectivity index (χ1v) is 14.6. The van der Waals surface area contributed by atoms with Crippen molar-refractivity contribution >= 4 is 39.1 Å². The number of nitrogens with one attached hydrogen (secondary N) is 1. The summed E-state index contributed by atoms with van der Waals surface area (Å²) in [4.78, 5) is 28.6. The minimum Gasteiger partial charge on any atom is -0.497 e. The number of hydrogen-bond donors (Lipinski definition) is 1. The molecule has 0 heterocycles. The molecule has 0 saturated carbocycles. The molecule has 3 rings (SSSR count). The van der Waals surface area contributed by atoms with E-state index < -0.39 is 34.1 Å². The summed E-state index contributed by atoms with van der Waals surface area (Å²) in [5.74, 6) is -0.397. The monoisotopic (exact) mass is 585 g/mol. The molecule has 3 aromatic carbocycles. The SMILES string of the molecule is COc1ccc(S(=O)(=O)N(CC(=O)N(Cc2ccccc2C)[C@@H](C)C(=O)NC(C)(C)C)c2cccc(Cl)c2)cc1. The molecule has 0 unspecified atom stereocenters. The fourth-order valence-corrected chi connectivity index (χ4v) is 5.65. The number of sulfonamides is 1. The second-order valence-corrected chi connectivity index (χ2v) is 12.8. The smallest absolute Gasteiger partial charge is 0.264 e. The third-order valence-electron chi connectivity index (χ3n) is 6.29. The van der Waals surface area contributed by atoms with Crippen LogP contribution < -0.4 is 14.4 Å². The second kappa shape index (κ2) is 12.7. The van der Waals surface area contributed by atoms with Gasteiger partial charge < -0.3 is 15.0 Å². The predicted molar refractivity (Wildman–Crippen MR) is 158 cm³/mol. The van der Waals surface area contributed by atoms with Crippen LogP contribution in [0, 0.1) is 6.92 Å². The maximum absolute atomic E-state index is 14.0. The van der Waals surface area contributed by atoms with E-state index in [-0.39, 0.29) is 23.0 Å². The number of amides is 2. The van der Waals surface area contributed by atoms with Crippen molar-refractivity contribution in [2.75, 3.05) is 18.0 Å². The predicted octanol–water partition coefficient (Wildman–Crippen LogP) is 5.18. The first-order chi connectivity index (χ1) is 18.7. The van der Waals surface area contributed by atoms with Gasteiger partial charge in [-0.15, -0.1) is 0 Å². The molecular formula is C30H36ClN3O5S. The highest BCUT2D eigenvalue weighted by Gasteiger charge is 2.33. The van der Waals surface area contributed by atoms with E-state index in [0.717, 1.165) is 15.4 Å². The van der Waals surface area contributed by atoms with E-state index in [9.17, 15) is 18.0 Å². The molecule has 1 N–H and O–H groups in total. The molecule has 0 spiro atoms. The van der Waals surface area contributed by atoms with Gasteiger partial charge in [0.25, 0.3) is 10.0 Å². The molecule has 0 aliphatic rings. The lowest BCUT2D eigenvalue weighted by Crippen LogP contribution is -2.54. The fraction of sp³-hybridized carbons (Fsp3) is 0.333. The summed E-state index contributed by atoms with van der Waals surface area (Å²) in [6, 6.07) is 18.9. The largest absolute Gasteiger partial charge is 0.497 e. The third-order valence-corrected chi connectivity index (χ3v) is 8.31. The maximum atomic E-state index is 14.0. The second-order valence-electron chi connectivity index (χ2n) is 10.5. The summed E-state index contributed by atoms with van der Waals surface area (Å²) in [6.07, 6.45) is 0. The summed E-state index contributed by atoms with van der Waals surface area (Å²) in [7, 11) is -2.72. The highest BCUT2D eigenvalue weighted by Crippen LogP contribution is 2.28. The van der Waals surface area contributed by atoms with Crippen LogP contribution in [0.2, 0.25) is 5.02 Å². The Morgan fingerprint density at radius 3 is 2.23 bits per heavy atom. The quantitative estimate of drug-likeness (QED) is 0.353. The van der Waals surface area contributed by atoms with Gasteiger partial charge in [-0.25, -0.2) is 8.42 Å². The normalized spacial score (nSPS) is 12.4. The zero-order valence-electron chi connectivity index (χ0n) is 23.6. The first-order valence-electron chi connectivity index (χ1n) is 12.8. The van der Waals surface area contributed by atoms with Crippen LogP contribution in [0.3, 0.4) is 0 Å². The molecular weight excluding hydrogens is 550 g/mol. The van der Waals surface area contributed by atoms with E-state index in [1.165, 1.54) is 42.3 Å². The third kappa shape index (κ3) is 7.76. The minimum absolute atomic E-state index is 0.0231. The molecule has 0 saturated heterocycles. The van der Waals surface area contributed by atoms with Crippen LogP contribution in [-0.4, -0.2) is 50.4 Å². The Kier molecular flexibility index (Phi) is 9.87. The van der Waals surface area contributed by atoms with Gasteiger partial charge in [0, 0.05) is 17.1 Å². The number of halogens is 1. The number of hydrogen-bond acceptors (Lipinski definition) is 5. The average Bonchev–Trinajstić information content (AvgIpc) is 2.89. The molecule has 10 heteroatoms. The van der Waals surface area contributed by atoms with Crippen LogP contribution >= 0.6 is 11.6 Å². The number of aryl methyl sites for hydroxylation is 1. The van der Waals surface area contributed by atoms with Gasteiger partial charge in [0.05, 0.1) is 17.7 Å². The number of ether oxygens (including phenoxy) is 1. The lowest BCUT2D eigenvalue weighted by atomic mass is 10.1. The van der Waals surface area contributed by atoms with Crippen molar-refractivity contribution in [1.29, 1.82) is 0 Å². The molecule has 3 aromatic rings. The van der Waals surface area contributed by atoms with E-state index >= 15 is 0 Å². The molecule has 0 radical (unpaired) electrons. The zero-order chi connectivity index (χ0) is 29.7. The van der Waals surface area contributed by atoms with Crippen molar-refractivity contribution in [2.45, 2.75) is 57.6 Å². The molecule has 0 aliphatic carbocycles. The van der Waals surface area contributed by atoms with Crippen molar-refractivity contribution in [3.63, 3.8) is 0 Å². The van der Waals surface area contributed by atoms with Gasteiger partial charge in [-0.05, 0) is 88.2 Å². The topological polar surface area (TPSA) is 96.0 Å². The summed E-state index contributed by atoms with van der Waals surface area (Å²) in [6.45, 7) is 8.70. The van der Waals surface area contributed by atoms with E-state index in [0.29, 0.717) is 10.8 Å². The number of carbonyl (C=O) groups excluding carboxylic acids is 2. The lowest BCUT2D eigenvalue weighted by Gasteiger charge is -2.33.